The number of aryl methyl sites for hydroxylation is 1. The zero-order chi connectivity index (χ0) is 11.0. The van der Waals surface area contributed by atoms with Crippen LogP contribution in [0.25, 0.3) is 0 Å². The molecule has 0 aliphatic carbocycles. The SMILES string of the molecule is Cc1nsc(N2CC(Cn3ccnc3)C2)n1. The maximum Gasteiger partial charge on any atom is 0.205 e. The Bertz CT molecular complexity index is 457. The minimum atomic E-state index is 0.707. The van der Waals surface area contributed by atoms with E-state index < -0.39 is 0 Å². The van der Waals surface area contributed by atoms with Crippen molar-refractivity contribution in [2.24, 2.45) is 5.92 Å². The molecular formula is C10H13N5S. The lowest BCUT2D eigenvalue weighted by Crippen LogP contribution is -2.48. The zero-order valence-corrected chi connectivity index (χ0v) is 9.89. The third-order valence-electron chi connectivity index (χ3n) is 2.77. The lowest BCUT2D eigenvalue weighted by molar-refractivity contribution is 0.357. The van der Waals surface area contributed by atoms with E-state index in [2.05, 4.69) is 23.8 Å². The molecule has 2 aromatic heterocycles. The van der Waals surface area contributed by atoms with Crippen LogP contribution in [-0.2, 0) is 6.54 Å². The molecule has 0 spiro atoms. The summed E-state index contributed by atoms with van der Waals surface area (Å²) in [4.78, 5) is 10.7. The molecule has 0 N–H and O–H groups in total. The molecule has 2 aromatic rings. The Morgan fingerprint density at radius 3 is 3.00 bits per heavy atom. The van der Waals surface area contributed by atoms with E-state index in [-0.39, 0.29) is 0 Å². The van der Waals surface area contributed by atoms with Crippen LogP contribution in [0, 0.1) is 12.8 Å². The number of hydrogen-bond acceptors (Lipinski definition) is 5. The Labute approximate surface area is 97.9 Å². The molecular weight excluding hydrogens is 222 g/mol. The molecule has 0 aromatic carbocycles. The molecule has 0 atom stereocenters. The largest absolute Gasteiger partial charge is 0.346 e. The van der Waals surface area contributed by atoms with E-state index in [1.807, 2.05) is 25.6 Å². The van der Waals surface area contributed by atoms with Gasteiger partial charge in [0.2, 0.25) is 5.13 Å². The summed E-state index contributed by atoms with van der Waals surface area (Å²) >= 11 is 1.49. The van der Waals surface area contributed by atoms with E-state index in [9.17, 15) is 0 Å². The van der Waals surface area contributed by atoms with Crippen LogP contribution in [0.5, 0.6) is 0 Å². The van der Waals surface area contributed by atoms with Gasteiger partial charge in [-0.3, -0.25) is 0 Å². The number of rotatable bonds is 3. The second kappa shape index (κ2) is 3.86. The average molecular weight is 235 g/mol. The van der Waals surface area contributed by atoms with Gasteiger partial charge in [0.15, 0.2) is 0 Å². The molecule has 1 saturated heterocycles. The first-order valence-corrected chi connectivity index (χ1v) is 6.09. The molecule has 5 nitrogen and oxygen atoms in total. The summed E-state index contributed by atoms with van der Waals surface area (Å²) < 4.78 is 6.33. The summed E-state index contributed by atoms with van der Waals surface area (Å²) in [5.41, 5.74) is 0. The van der Waals surface area contributed by atoms with Gasteiger partial charge < -0.3 is 9.47 Å². The third kappa shape index (κ3) is 1.80. The van der Waals surface area contributed by atoms with Crippen LogP contribution >= 0.6 is 11.5 Å². The highest BCUT2D eigenvalue weighted by molar-refractivity contribution is 7.09. The van der Waals surface area contributed by atoms with Crippen LogP contribution in [0.3, 0.4) is 0 Å². The van der Waals surface area contributed by atoms with Gasteiger partial charge in [-0.2, -0.15) is 4.37 Å². The maximum atomic E-state index is 4.38. The van der Waals surface area contributed by atoms with Crippen molar-refractivity contribution in [3.63, 3.8) is 0 Å². The molecule has 0 amide bonds. The van der Waals surface area contributed by atoms with Gasteiger partial charge in [-0.15, -0.1) is 0 Å². The van der Waals surface area contributed by atoms with Crippen molar-refractivity contribution in [2.75, 3.05) is 18.0 Å². The van der Waals surface area contributed by atoms with Crippen molar-refractivity contribution in [1.82, 2.24) is 18.9 Å². The Kier molecular flexibility index (Phi) is 2.36. The Morgan fingerprint density at radius 1 is 1.50 bits per heavy atom. The fourth-order valence-electron chi connectivity index (χ4n) is 1.95. The predicted octanol–water partition coefficient (Wildman–Crippen LogP) is 1.18. The minimum absolute atomic E-state index is 0.707. The van der Waals surface area contributed by atoms with E-state index in [0.717, 1.165) is 30.6 Å². The zero-order valence-electron chi connectivity index (χ0n) is 9.08. The van der Waals surface area contributed by atoms with Gasteiger partial charge in [0.25, 0.3) is 0 Å². The smallest absolute Gasteiger partial charge is 0.205 e. The first kappa shape index (κ1) is 9.77. The van der Waals surface area contributed by atoms with E-state index in [1.54, 1.807) is 0 Å². The highest BCUT2D eigenvalue weighted by Crippen LogP contribution is 2.26. The highest BCUT2D eigenvalue weighted by atomic mass is 32.1. The number of hydrogen-bond donors (Lipinski definition) is 0. The van der Waals surface area contributed by atoms with Crippen LogP contribution in [0.4, 0.5) is 5.13 Å². The number of imidazole rings is 1. The first-order chi connectivity index (χ1) is 7.81. The fraction of sp³-hybridized carbons (Fsp3) is 0.500. The Morgan fingerprint density at radius 2 is 2.38 bits per heavy atom. The summed E-state index contributed by atoms with van der Waals surface area (Å²) in [5.74, 6) is 1.58. The fourth-order valence-corrected chi connectivity index (χ4v) is 2.64. The van der Waals surface area contributed by atoms with Crippen molar-refractivity contribution in [2.45, 2.75) is 13.5 Å². The monoisotopic (exact) mass is 235 g/mol. The Hall–Kier alpha value is -1.43. The molecule has 1 aliphatic rings. The first-order valence-electron chi connectivity index (χ1n) is 5.32. The molecule has 1 aliphatic heterocycles. The van der Waals surface area contributed by atoms with Gasteiger partial charge in [0.05, 0.1) is 6.33 Å². The van der Waals surface area contributed by atoms with E-state index >= 15 is 0 Å². The average Bonchev–Trinajstić information content (AvgIpc) is 2.82. The molecule has 0 bridgehead atoms. The van der Waals surface area contributed by atoms with Crippen molar-refractivity contribution < 1.29 is 0 Å². The molecule has 3 heterocycles. The maximum absolute atomic E-state index is 4.38. The topological polar surface area (TPSA) is 46.8 Å². The number of aromatic nitrogens is 4. The number of nitrogens with zero attached hydrogens (tertiary/aromatic N) is 5. The normalized spacial score (nSPS) is 16.4. The highest BCUT2D eigenvalue weighted by Gasteiger charge is 2.29. The van der Waals surface area contributed by atoms with Crippen LogP contribution in [-0.4, -0.2) is 32.0 Å². The summed E-state index contributed by atoms with van der Waals surface area (Å²) in [5, 5.41) is 1.05. The van der Waals surface area contributed by atoms with Gasteiger partial charge in [-0.1, -0.05) is 0 Å². The number of anilines is 1. The van der Waals surface area contributed by atoms with Gasteiger partial charge >= 0.3 is 0 Å². The standard InChI is InChI=1S/C10H13N5S/c1-8-12-10(16-13-8)15-5-9(6-15)4-14-3-2-11-7-14/h2-3,7,9H,4-6H2,1H3. The van der Waals surface area contributed by atoms with Crippen LogP contribution in [0.15, 0.2) is 18.7 Å². The van der Waals surface area contributed by atoms with Gasteiger partial charge in [0.1, 0.15) is 5.82 Å². The van der Waals surface area contributed by atoms with Crippen molar-refractivity contribution in [1.29, 1.82) is 0 Å². The summed E-state index contributed by atoms with van der Waals surface area (Å²) in [6.45, 7) is 5.14. The van der Waals surface area contributed by atoms with Crippen molar-refractivity contribution >= 4 is 16.7 Å². The Balaban J connectivity index is 1.55. The predicted molar refractivity (Wildman–Crippen MR) is 62.6 cm³/mol. The van der Waals surface area contributed by atoms with Crippen LogP contribution in [0.1, 0.15) is 5.82 Å². The molecule has 3 rings (SSSR count). The van der Waals surface area contributed by atoms with Crippen molar-refractivity contribution in [3.8, 4) is 0 Å². The quantitative estimate of drug-likeness (QED) is 0.801. The summed E-state index contributed by atoms with van der Waals surface area (Å²) in [7, 11) is 0. The molecule has 1 fully saturated rings. The summed E-state index contributed by atoms with van der Waals surface area (Å²) in [6.07, 6.45) is 5.71. The molecule has 0 unspecified atom stereocenters. The lowest BCUT2D eigenvalue weighted by atomic mass is 10.0. The second-order valence-corrected chi connectivity index (χ2v) is 4.88. The molecule has 0 saturated carbocycles. The van der Waals surface area contributed by atoms with Crippen molar-refractivity contribution in [3.05, 3.63) is 24.5 Å². The lowest BCUT2D eigenvalue weighted by Gasteiger charge is -2.38. The third-order valence-corrected chi connectivity index (χ3v) is 3.64. The van der Waals surface area contributed by atoms with Gasteiger partial charge in [0, 0.05) is 49.5 Å². The van der Waals surface area contributed by atoms with E-state index in [0.29, 0.717) is 5.92 Å². The molecule has 16 heavy (non-hydrogen) atoms. The minimum Gasteiger partial charge on any atom is -0.346 e. The van der Waals surface area contributed by atoms with E-state index in [1.165, 1.54) is 11.5 Å². The molecule has 6 heteroatoms. The molecule has 84 valence electrons. The van der Waals surface area contributed by atoms with E-state index in [4.69, 9.17) is 0 Å². The second-order valence-electron chi connectivity index (χ2n) is 4.15. The van der Waals surface area contributed by atoms with Crippen LogP contribution < -0.4 is 4.90 Å². The van der Waals surface area contributed by atoms with Gasteiger partial charge in [-0.05, 0) is 6.92 Å². The molecule has 0 radical (unpaired) electrons. The van der Waals surface area contributed by atoms with Crippen LogP contribution in [0.2, 0.25) is 0 Å². The van der Waals surface area contributed by atoms with Gasteiger partial charge in [-0.25, -0.2) is 9.97 Å². The summed E-state index contributed by atoms with van der Waals surface area (Å²) in [6, 6.07) is 0.